The first kappa shape index (κ1) is 18.7. The Morgan fingerprint density at radius 3 is 2.26 bits per heavy atom. The quantitative estimate of drug-likeness (QED) is 0.645. The first-order chi connectivity index (χ1) is 13.1. The van der Waals surface area contributed by atoms with Crippen LogP contribution in [0.5, 0.6) is 11.8 Å². The van der Waals surface area contributed by atoms with E-state index in [4.69, 9.17) is 9.47 Å². The maximum Gasteiger partial charge on any atom is 0.256 e. The number of hydrogen-bond donors (Lipinski definition) is 1. The normalized spacial score (nSPS) is 10.3. The van der Waals surface area contributed by atoms with Gasteiger partial charge in [-0.1, -0.05) is 30.3 Å². The number of hydrogen-bond acceptors (Lipinski definition) is 6. The molecular weight excluding hydrogens is 362 g/mol. The zero-order valence-electron chi connectivity index (χ0n) is 15.2. The van der Waals surface area contributed by atoms with Gasteiger partial charge in [0.2, 0.25) is 11.8 Å². The van der Waals surface area contributed by atoms with Crippen LogP contribution in [-0.4, -0.2) is 30.1 Å². The zero-order chi connectivity index (χ0) is 19.2. The molecule has 7 heteroatoms. The summed E-state index contributed by atoms with van der Waals surface area (Å²) in [5.41, 5.74) is 2.31. The maximum absolute atomic E-state index is 12.8. The van der Waals surface area contributed by atoms with Crippen molar-refractivity contribution in [2.24, 2.45) is 0 Å². The topological polar surface area (TPSA) is 73.3 Å². The van der Waals surface area contributed by atoms with Crippen molar-refractivity contribution >= 4 is 23.4 Å². The molecule has 1 aromatic heterocycles. The van der Waals surface area contributed by atoms with Crippen LogP contribution in [0.3, 0.4) is 0 Å². The molecule has 138 valence electrons. The maximum atomic E-state index is 12.8. The van der Waals surface area contributed by atoms with Gasteiger partial charge in [0.25, 0.3) is 5.91 Å². The number of anilines is 1. The third kappa shape index (κ3) is 4.57. The fourth-order valence-electron chi connectivity index (χ4n) is 2.38. The Labute approximate surface area is 162 Å². The molecule has 0 radical (unpaired) electrons. The van der Waals surface area contributed by atoms with E-state index in [0.29, 0.717) is 22.5 Å². The molecule has 6 nitrogen and oxygen atoms in total. The first-order valence-electron chi connectivity index (χ1n) is 8.21. The highest BCUT2D eigenvalue weighted by Gasteiger charge is 2.15. The fourth-order valence-corrected chi connectivity index (χ4v) is 3.27. The molecule has 0 spiro atoms. The molecule has 2 aromatic carbocycles. The largest absolute Gasteiger partial charge is 0.481 e. The smallest absolute Gasteiger partial charge is 0.256 e. The number of nitrogens with one attached hydrogen (secondary N) is 1. The zero-order valence-corrected chi connectivity index (χ0v) is 16.0. The molecule has 27 heavy (non-hydrogen) atoms. The molecule has 1 N–H and O–H groups in total. The predicted octanol–water partition coefficient (Wildman–Crippen LogP) is 4.21. The van der Waals surface area contributed by atoms with Crippen molar-refractivity contribution in [3.05, 3.63) is 65.7 Å². The van der Waals surface area contributed by atoms with E-state index in [1.807, 2.05) is 49.4 Å². The van der Waals surface area contributed by atoms with Crippen molar-refractivity contribution in [2.75, 3.05) is 19.5 Å². The fraction of sp³-hybridized carbons (Fsp3) is 0.150. The number of methoxy groups -OCH3 is 2. The standard InChI is InChI=1S/C20H19N3O3S/c1-13-8-4-6-10-15(13)21-19(24)14-9-5-7-11-16(14)27-20-22-17(25-2)12-18(23-20)26-3/h4-12H,1-3H3,(H,21,24). The number of para-hydroxylation sites is 1. The summed E-state index contributed by atoms with van der Waals surface area (Å²) in [7, 11) is 3.06. The molecule has 1 amide bonds. The van der Waals surface area contributed by atoms with E-state index in [0.717, 1.165) is 16.1 Å². The van der Waals surface area contributed by atoms with E-state index in [9.17, 15) is 4.79 Å². The van der Waals surface area contributed by atoms with Gasteiger partial charge in [0, 0.05) is 10.6 Å². The molecule has 0 unspecified atom stereocenters. The van der Waals surface area contributed by atoms with Crippen LogP contribution in [0.25, 0.3) is 0 Å². The van der Waals surface area contributed by atoms with Gasteiger partial charge in [-0.3, -0.25) is 4.79 Å². The molecule has 0 atom stereocenters. The predicted molar refractivity (Wildman–Crippen MR) is 105 cm³/mol. The van der Waals surface area contributed by atoms with Crippen molar-refractivity contribution in [2.45, 2.75) is 17.0 Å². The van der Waals surface area contributed by atoms with Gasteiger partial charge in [-0.15, -0.1) is 0 Å². The van der Waals surface area contributed by atoms with Crippen LogP contribution in [0.15, 0.2) is 64.6 Å². The number of ether oxygens (including phenoxy) is 2. The van der Waals surface area contributed by atoms with Crippen LogP contribution in [0, 0.1) is 6.92 Å². The lowest BCUT2D eigenvalue weighted by molar-refractivity contribution is 0.102. The van der Waals surface area contributed by atoms with Crippen LogP contribution >= 0.6 is 11.8 Å². The average Bonchev–Trinajstić information content (AvgIpc) is 2.69. The summed E-state index contributed by atoms with van der Waals surface area (Å²) in [6.07, 6.45) is 0. The SMILES string of the molecule is COc1cc(OC)nc(Sc2ccccc2C(=O)Nc2ccccc2C)n1. The van der Waals surface area contributed by atoms with E-state index >= 15 is 0 Å². The van der Waals surface area contributed by atoms with Crippen molar-refractivity contribution in [3.8, 4) is 11.8 Å². The van der Waals surface area contributed by atoms with Crippen molar-refractivity contribution < 1.29 is 14.3 Å². The van der Waals surface area contributed by atoms with Crippen LogP contribution in [-0.2, 0) is 0 Å². The third-order valence-electron chi connectivity index (χ3n) is 3.80. The van der Waals surface area contributed by atoms with E-state index in [1.54, 1.807) is 12.1 Å². The monoisotopic (exact) mass is 381 g/mol. The Kier molecular flexibility index (Phi) is 5.93. The van der Waals surface area contributed by atoms with E-state index < -0.39 is 0 Å². The highest BCUT2D eigenvalue weighted by molar-refractivity contribution is 7.99. The number of rotatable bonds is 6. The summed E-state index contributed by atoms with van der Waals surface area (Å²) in [4.78, 5) is 22.2. The number of carbonyl (C=O) groups excluding carboxylic acids is 1. The van der Waals surface area contributed by atoms with Crippen molar-refractivity contribution in [1.82, 2.24) is 9.97 Å². The second kappa shape index (κ2) is 8.55. The molecule has 0 bridgehead atoms. The average molecular weight is 381 g/mol. The van der Waals surface area contributed by atoms with Crippen LogP contribution < -0.4 is 14.8 Å². The Balaban J connectivity index is 1.88. The Morgan fingerprint density at radius 2 is 1.59 bits per heavy atom. The minimum atomic E-state index is -0.192. The molecule has 0 aliphatic rings. The number of amides is 1. The first-order valence-corrected chi connectivity index (χ1v) is 9.03. The van der Waals surface area contributed by atoms with E-state index in [2.05, 4.69) is 15.3 Å². The lowest BCUT2D eigenvalue weighted by atomic mass is 10.1. The van der Waals surface area contributed by atoms with E-state index in [-0.39, 0.29) is 5.91 Å². The van der Waals surface area contributed by atoms with Crippen LogP contribution in [0.1, 0.15) is 15.9 Å². The summed E-state index contributed by atoms with van der Waals surface area (Å²) in [5, 5.41) is 3.39. The Morgan fingerprint density at radius 1 is 0.963 bits per heavy atom. The molecule has 1 heterocycles. The minimum Gasteiger partial charge on any atom is -0.481 e. The van der Waals surface area contributed by atoms with Crippen LogP contribution in [0.2, 0.25) is 0 Å². The van der Waals surface area contributed by atoms with Gasteiger partial charge in [-0.25, -0.2) is 0 Å². The molecule has 0 saturated heterocycles. The molecular formula is C20H19N3O3S. The highest BCUT2D eigenvalue weighted by atomic mass is 32.2. The van der Waals surface area contributed by atoms with E-state index in [1.165, 1.54) is 26.0 Å². The molecule has 3 rings (SSSR count). The highest BCUT2D eigenvalue weighted by Crippen LogP contribution is 2.31. The van der Waals surface area contributed by atoms with Gasteiger partial charge in [0.15, 0.2) is 5.16 Å². The summed E-state index contributed by atoms with van der Waals surface area (Å²) in [6.45, 7) is 1.95. The van der Waals surface area contributed by atoms with Gasteiger partial charge in [-0.05, 0) is 42.4 Å². The Bertz CT molecular complexity index is 940. The summed E-state index contributed by atoms with van der Waals surface area (Å²) in [6, 6.07) is 16.6. The number of carbonyl (C=O) groups is 1. The van der Waals surface area contributed by atoms with Gasteiger partial charge in [-0.2, -0.15) is 9.97 Å². The van der Waals surface area contributed by atoms with Crippen molar-refractivity contribution in [3.63, 3.8) is 0 Å². The number of nitrogens with zero attached hydrogens (tertiary/aromatic N) is 2. The minimum absolute atomic E-state index is 0.192. The van der Waals surface area contributed by atoms with Crippen LogP contribution in [0.4, 0.5) is 5.69 Å². The van der Waals surface area contributed by atoms with Gasteiger partial charge >= 0.3 is 0 Å². The van der Waals surface area contributed by atoms with Crippen molar-refractivity contribution in [1.29, 1.82) is 0 Å². The molecule has 0 fully saturated rings. The molecule has 0 aliphatic heterocycles. The third-order valence-corrected chi connectivity index (χ3v) is 4.74. The molecule has 0 aliphatic carbocycles. The number of aryl methyl sites for hydroxylation is 1. The molecule has 0 saturated carbocycles. The van der Waals surface area contributed by atoms with Gasteiger partial charge in [0.1, 0.15) is 0 Å². The summed E-state index contributed by atoms with van der Waals surface area (Å²) >= 11 is 1.27. The second-order valence-electron chi connectivity index (χ2n) is 5.60. The molecule has 3 aromatic rings. The summed E-state index contributed by atoms with van der Waals surface area (Å²) in [5.74, 6) is 0.597. The van der Waals surface area contributed by atoms with Gasteiger partial charge < -0.3 is 14.8 Å². The second-order valence-corrected chi connectivity index (χ2v) is 6.61. The number of aromatic nitrogens is 2. The number of benzene rings is 2. The lowest BCUT2D eigenvalue weighted by Crippen LogP contribution is -2.13. The van der Waals surface area contributed by atoms with Gasteiger partial charge in [0.05, 0.1) is 25.8 Å². The summed E-state index contributed by atoms with van der Waals surface area (Å²) < 4.78 is 10.4. The lowest BCUT2D eigenvalue weighted by Gasteiger charge is -2.11. The Hall–Kier alpha value is -3.06.